The van der Waals surface area contributed by atoms with Crippen LogP contribution in [0.3, 0.4) is 0 Å². The highest BCUT2D eigenvalue weighted by molar-refractivity contribution is 14.1. The molecule has 0 aromatic carbocycles. The Bertz CT molecular complexity index is 214. The Kier molecular flexibility index (Phi) is 2.62. The van der Waals surface area contributed by atoms with E-state index >= 15 is 0 Å². The van der Waals surface area contributed by atoms with Crippen LogP contribution in [-0.2, 0) is 0 Å². The summed E-state index contributed by atoms with van der Waals surface area (Å²) in [6.07, 6.45) is 0. The minimum Gasteiger partial charge on any atom is -0.223 e. The first-order valence-electron chi connectivity index (χ1n) is 2.59. The molecule has 0 atom stereocenters. The number of pyridine rings is 1. The Morgan fingerprint density at radius 3 is 2.80 bits per heavy atom. The van der Waals surface area contributed by atoms with Crippen molar-refractivity contribution in [1.82, 2.24) is 4.98 Å². The maximum absolute atomic E-state index is 12.6. The highest BCUT2D eigenvalue weighted by atomic mass is 127. The highest BCUT2D eigenvalue weighted by Crippen LogP contribution is 2.18. The molecule has 0 saturated heterocycles. The lowest BCUT2D eigenvalue weighted by Crippen LogP contribution is -1.91. The van der Waals surface area contributed by atoms with Gasteiger partial charge in [0.2, 0.25) is 5.95 Å². The monoisotopic (exact) mass is 315 g/mol. The quantitative estimate of drug-likeness (QED) is 0.530. The molecule has 0 unspecified atom stereocenters. The molecule has 1 aromatic heterocycles. The first-order chi connectivity index (χ1) is 4.61. The van der Waals surface area contributed by atoms with E-state index in [0.717, 1.165) is 4.47 Å². The standard InChI is InChI=1S/C6H4BrFIN/c1-3-4(7)2-5(9)6(8)10-3/h2H,1H3. The lowest BCUT2D eigenvalue weighted by molar-refractivity contribution is 0.571. The van der Waals surface area contributed by atoms with Crippen molar-refractivity contribution in [2.24, 2.45) is 0 Å². The minimum absolute atomic E-state index is 0.402. The molecule has 1 heterocycles. The van der Waals surface area contributed by atoms with Crippen LogP contribution >= 0.6 is 38.5 Å². The molecule has 1 aromatic rings. The number of halogens is 3. The van der Waals surface area contributed by atoms with E-state index in [4.69, 9.17) is 0 Å². The number of aromatic nitrogens is 1. The van der Waals surface area contributed by atoms with Crippen LogP contribution in [-0.4, -0.2) is 4.98 Å². The fourth-order valence-corrected chi connectivity index (χ4v) is 1.71. The third-order valence-electron chi connectivity index (χ3n) is 1.06. The van der Waals surface area contributed by atoms with Crippen molar-refractivity contribution < 1.29 is 4.39 Å². The lowest BCUT2D eigenvalue weighted by atomic mass is 10.4. The minimum atomic E-state index is -0.402. The maximum atomic E-state index is 12.6. The van der Waals surface area contributed by atoms with Crippen LogP contribution in [0.1, 0.15) is 5.69 Å². The van der Waals surface area contributed by atoms with Crippen LogP contribution in [0.15, 0.2) is 10.5 Å². The van der Waals surface area contributed by atoms with Gasteiger partial charge >= 0.3 is 0 Å². The summed E-state index contributed by atoms with van der Waals surface area (Å²) in [4.78, 5) is 3.65. The molecular weight excluding hydrogens is 312 g/mol. The molecule has 0 saturated carbocycles. The van der Waals surface area contributed by atoms with Gasteiger partial charge in [-0.3, -0.25) is 0 Å². The summed E-state index contributed by atoms with van der Waals surface area (Å²) in [5.41, 5.74) is 0.679. The molecule has 0 aliphatic rings. The largest absolute Gasteiger partial charge is 0.226 e. The first kappa shape index (κ1) is 8.39. The summed E-state index contributed by atoms with van der Waals surface area (Å²) < 4.78 is 14.0. The van der Waals surface area contributed by atoms with Crippen LogP contribution in [0.2, 0.25) is 0 Å². The van der Waals surface area contributed by atoms with Gasteiger partial charge in [0.1, 0.15) is 0 Å². The second-order valence-corrected chi connectivity index (χ2v) is 3.84. The summed E-state index contributed by atoms with van der Waals surface area (Å²) in [5, 5.41) is 0. The van der Waals surface area contributed by atoms with Gasteiger partial charge in [-0.15, -0.1) is 0 Å². The fraction of sp³-hybridized carbons (Fsp3) is 0.167. The van der Waals surface area contributed by atoms with Gasteiger partial charge in [0.25, 0.3) is 0 Å². The molecule has 1 nitrogen and oxygen atoms in total. The van der Waals surface area contributed by atoms with Crippen molar-refractivity contribution in [3.63, 3.8) is 0 Å². The molecular formula is C6H4BrFIN. The molecule has 0 aliphatic heterocycles. The summed E-state index contributed by atoms with van der Waals surface area (Å²) in [5.74, 6) is -0.402. The third kappa shape index (κ3) is 1.66. The van der Waals surface area contributed by atoms with Gasteiger partial charge in [0.05, 0.1) is 9.26 Å². The van der Waals surface area contributed by atoms with Crippen LogP contribution in [0.5, 0.6) is 0 Å². The molecule has 4 heteroatoms. The van der Waals surface area contributed by atoms with Gasteiger partial charge in [-0.2, -0.15) is 4.39 Å². The van der Waals surface area contributed by atoms with E-state index in [0.29, 0.717) is 9.26 Å². The van der Waals surface area contributed by atoms with Crippen molar-refractivity contribution in [3.8, 4) is 0 Å². The van der Waals surface area contributed by atoms with Crippen molar-refractivity contribution in [1.29, 1.82) is 0 Å². The molecule has 0 bridgehead atoms. The van der Waals surface area contributed by atoms with Gasteiger partial charge in [-0.05, 0) is 51.5 Å². The van der Waals surface area contributed by atoms with Gasteiger partial charge in [0.15, 0.2) is 0 Å². The Morgan fingerprint density at radius 2 is 2.30 bits per heavy atom. The lowest BCUT2D eigenvalue weighted by Gasteiger charge is -1.97. The number of hydrogen-bond acceptors (Lipinski definition) is 1. The van der Waals surface area contributed by atoms with Crippen molar-refractivity contribution >= 4 is 38.5 Å². The molecule has 10 heavy (non-hydrogen) atoms. The summed E-state index contributed by atoms with van der Waals surface area (Å²) in [6.45, 7) is 1.75. The Morgan fingerprint density at radius 1 is 1.70 bits per heavy atom. The molecule has 0 N–H and O–H groups in total. The number of hydrogen-bond donors (Lipinski definition) is 0. The van der Waals surface area contributed by atoms with E-state index in [-0.39, 0.29) is 0 Å². The average molecular weight is 316 g/mol. The van der Waals surface area contributed by atoms with Crippen LogP contribution in [0.25, 0.3) is 0 Å². The number of nitrogens with zero attached hydrogens (tertiary/aromatic N) is 1. The fourth-order valence-electron chi connectivity index (χ4n) is 0.529. The Balaban J connectivity index is 3.28. The van der Waals surface area contributed by atoms with E-state index in [2.05, 4.69) is 20.9 Å². The second-order valence-electron chi connectivity index (χ2n) is 1.83. The summed E-state index contributed by atoms with van der Waals surface area (Å²) in [7, 11) is 0. The smallest absolute Gasteiger partial charge is 0.223 e. The van der Waals surface area contributed by atoms with Gasteiger partial charge < -0.3 is 0 Å². The van der Waals surface area contributed by atoms with E-state index in [1.807, 2.05) is 22.6 Å². The second kappa shape index (κ2) is 3.13. The average Bonchev–Trinajstić information content (AvgIpc) is 1.84. The molecule has 0 spiro atoms. The van der Waals surface area contributed by atoms with Crippen LogP contribution in [0, 0.1) is 16.4 Å². The number of rotatable bonds is 0. The normalized spacial score (nSPS) is 10.0. The van der Waals surface area contributed by atoms with Gasteiger partial charge in [-0.1, -0.05) is 0 Å². The van der Waals surface area contributed by atoms with E-state index in [9.17, 15) is 4.39 Å². The Labute approximate surface area is 80.3 Å². The molecule has 54 valence electrons. The van der Waals surface area contributed by atoms with E-state index in [1.165, 1.54) is 0 Å². The molecule has 1 rings (SSSR count). The van der Waals surface area contributed by atoms with Gasteiger partial charge in [-0.25, -0.2) is 4.98 Å². The summed E-state index contributed by atoms with van der Waals surface area (Å²) >= 11 is 5.15. The predicted octanol–water partition coefficient (Wildman–Crippen LogP) is 2.90. The highest BCUT2D eigenvalue weighted by Gasteiger charge is 2.02. The number of aryl methyl sites for hydroxylation is 1. The molecule has 0 amide bonds. The van der Waals surface area contributed by atoms with E-state index in [1.54, 1.807) is 13.0 Å². The summed E-state index contributed by atoms with van der Waals surface area (Å²) in [6, 6.07) is 1.71. The van der Waals surface area contributed by atoms with E-state index < -0.39 is 5.95 Å². The topological polar surface area (TPSA) is 12.9 Å². The van der Waals surface area contributed by atoms with Crippen LogP contribution in [0.4, 0.5) is 4.39 Å². The SMILES string of the molecule is Cc1nc(F)c(I)cc1Br. The van der Waals surface area contributed by atoms with Crippen molar-refractivity contribution in [2.45, 2.75) is 6.92 Å². The van der Waals surface area contributed by atoms with Gasteiger partial charge in [0, 0.05) is 4.47 Å². The molecule has 0 radical (unpaired) electrons. The molecule has 0 fully saturated rings. The van der Waals surface area contributed by atoms with Crippen molar-refractivity contribution in [3.05, 3.63) is 25.8 Å². The molecule has 0 aliphatic carbocycles. The third-order valence-corrected chi connectivity index (χ3v) is 2.62. The van der Waals surface area contributed by atoms with Crippen LogP contribution < -0.4 is 0 Å². The Hall–Kier alpha value is 0.290. The predicted molar refractivity (Wildman–Crippen MR) is 49.3 cm³/mol. The zero-order chi connectivity index (χ0) is 7.72. The first-order valence-corrected chi connectivity index (χ1v) is 4.46. The zero-order valence-electron chi connectivity index (χ0n) is 5.16. The maximum Gasteiger partial charge on any atom is 0.226 e. The van der Waals surface area contributed by atoms with Crippen molar-refractivity contribution in [2.75, 3.05) is 0 Å². The zero-order valence-corrected chi connectivity index (χ0v) is 8.90.